The summed E-state index contributed by atoms with van der Waals surface area (Å²) in [5.41, 5.74) is -0.0597. The van der Waals surface area contributed by atoms with E-state index in [0.29, 0.717) is 5.56 Å². The summed E-state index contributed by atoms with van der Waals surface area (Å²) in [6.45, 7) is 2.81. The van der Waals surface area contributed by atoms with E-state index < -0.39 is 38.5 Å². The fraction of sp³-hybridized carbons (Fsp3) is 0.235. The minimum atomic E-state index is -4.02. The molecule has 0 aliphatic carbocycles. The molecule has 0 bridgehead atoms. The molecule has 0 spiro atoms. The number of hydrogen-bond acceptors (Lipinski definition) is 5. The van der Waals surface area contributed by atoms with E-state index in [4.69, 9.17) is 0 Å². The summed E-state index contributed by atoms with van der Waals surface area (Å²) in [6.07, 6.45) is 0.854. The first-order valence-corrected chi connectivity index (χ1v) is 9.77. The monoisotopic (exact) mass is 413 g/mol. The number of nitrogens with one attached hydrogen (secondary N) is 1. The number of nitro groups is 1. The Morgan fingerprint density at radius 1 is 1.18 bits per heavy atom. The molecule has 11 heteroatoms. The van der Waals surface area contributed by atoms with Gasteiger partial charge < -0.3 is 5.32 Å². The SMILES string of the molecule is Cc1ccc([N+](=O)[O-])cc1N([C@H](C)C(=O)Nc1ccc(F)c(F)c1)S(C)(=O)=O. The smallest absolute Gasteiger partial charge is 0.271 e. The highest BCUT2D eigenvalue weighted by atomic mass is 32.2. The number of non-ortho nitro benzene ring substituents is 1. The van der Waals surface area contributed by atoms with Crippen molar-refractivity contribution in [3.05, 3.63) is 63.7 Å². The van der Waals surface area contributed by atoms with Crippen LogP contribution in [0.2, 0.25) is 0 Å². The van der Waals surface area contributed by atoms with Crippen molar-refractivity contribution < 1.29 is 26.9 Å². The molecule has 150 valence electrons. The topological polar surface area (TPSA) is 110 Å². The second-order valence-electron chi connectivity index (χ2n) is 6.08. The average molecular weight is 413 g/mol. The quantitative estimate of drug-likeness (QED) is 0.578. The second-order valence-corrected chi connectivity index (χ2v) is 7.94. The number of nitro benzene ring substituents is 1. The molecule has 0 aromatic heterocycles. The van der Waals surface area contributed by atoms with Gasteiger partial charge in [-0.25, -0.2) is 17.2 Å². The van der Waals surface area contributed by atoms with E-state index in [1.807, 2.05) is 0 Å². The molecule has 28 heavy (non-hydrogen) atoms. The van der Waals surface area contributed by atoms with Crippen LogP contribution in [-0.4, -0.2) is 31.5 Å². The number of carbonyl (C=O) groups excluding carboxylic acids is 1. The van der Waals surface area contributed by atoms with Gasteiger partial charge in [0.25, 0.3) is 5.69 Å². The minimum Gasteiger partial charge on any atom is -0.324 e. The Bertz CT molecular complexity index is 1040. The van der Waals surface area contributed by atoms with Crippen LogP contribution in [-0.2, 0) is 14.8 Å². The first kappa shape index (κ1) is 21.2. The molecule has 0 aliphatic heterocycles. The van der Waals surface area contributed by atoms with Crippen molar-refractivity contribution in [3.63, 3.8) is 0 Å². The Kier molecular flexibility index (Phi) is 5.98. The summed E-state index contributed by atoms with van der Waals surface area (Å²) >= 11 is 0. The van der Waals surface area contributed by atoms with Crippen molar-refractivity contribution in [3.8, 4) is 0 Å². The van der Waals surface area contributed by atoms with Crippen molar-refractivity contribution in [2.45, 2.75) is 19.9 Å². The van der Waals surface area contributed by atoms with Crippen molar-refractivity contribution in [2.75, 3.05) is 15.9 Å². The van der Waals surface area contributed by atoms with Crippen LogP contribution < -0.4 is 9.62 Å². The Morgan fingerprint density at radius 3 is 2.36 bits per heavy atom. The predicted molar refractivity (Wildman–Crippen MR) is 99.6 cm³/mol. The van der Waals surface area contributed by atoms with Crippen LogP contribution in [0.15, 0.2) is 36.4 Å². The van der Waals surface area contributed by atoms with Crippen molar-refractivity contribution in [1.82, 2.24) is 0 Å². The molecule has 1 atom stereocenters. The molecule has 1 amide bonds. The summed E-state index contributed by atoms with van der Waals surface area (Å²) in [6, 6.07) is 4.99. The van der Waals surface area contributed by atoms with Crippen LogP contribution in [0.4, 0.5) is 25.8 Å². The van der Waals surface area contributed by atoms with Gasteiger partial charge in [0, 0.05) is 23.9 Å². The number of nitrogens with zero attached hydrogens (tertiary/aromatic N) is 2. The summed E-state index contributed by atoms with van der Waals surface area (Å²) < 4.78 is 51.7. The molecule has 0 unspecified atom stereocenters. The van der Waals surface area contributed by atoms with Crippen LogP contribution in [0.5, 0.6) is 0 Å². The molecule has 0 saturated carbocycles. The molecule has 8 nitrogen and oxygen atoms in total. The molecule has 2 rings (SSSR count). The highest BCUT2D eigenvalue weighted by Gasteiger charge is 2.31. The van der Waals surface area contributed by atoms with Crippen LogP contribution in [0.1, 0.15) is 12.5 Å². The number of aryl methyl sites for hydroxylation is 1. The van der Waals surface area contributed by atoms with E-state index in [1.165, 1.54) is 26.0 Å². The zero-order chi connectivity index (χ0) is 21.2. The Labute approximate surface area is 160 Å². The van der Waals surface area contributed by atoms with Crippen LogP contribution in [0.3, 0.4) is 0 Å². The largest absolute Gasteiger partial charge is 0.324 e. The lowest BCUT2D eigenvalue weighted by Gasteiger charge is -2.29. The van der Waals surface area contributed by atoms with Gasteiger partial charge in [0.05, 0.1) is 16.9 Å². The zero-order valence-corrected chi connectivity index (χ0v) is 16.0. The first-order valence-electron chi connectivity index (χ1n) is 7.92. The Morgan fingerprint density at radius 2 is 1.82 bits per heavy atom. The number of sulfonamides is 1. The maximum atomic E-state index is 13.3. The van der Waals surface area contributed by atoms with E-state index in [1.54, 1.807) is 0 Å². The Balaban J connectivity index is 2.43. The number of carbonyl (C=O) groups is 1. The van der Waals surface area contributed by atoms with Gasteiger partial charge in [-0.1, -0.05) is 6.07 Å². The maximum Gasteiger partial charge on any atom is 0.271 e. The summed E-state index contributed by atoms with van der Waals surface area (Å²) in [5.74, 6) is -3.11. The fourth-order valence-corrected chi connectivity index (χ4v) is 3.77. The van der Waals surface area contributed by atoms with Crippen molar-refractivity contribution in [1.29, 1.82) is 0 Å². The van der Waals surface area contributed by atoms with Crippen LogP contribution >= 0.6 is 0 Å². The molecule has 2 aromatic carbocycles. The summed E-state index contributed by atoms with van der Waals surface area (Å²) in [5, 5.41) is 13.3. The minimum absolute atomic E-state index is 0.0374. The molecule has 0 saturated heterocycles. The lowest BCUT2D eigenvalue weighted by atomic mass is 10.1. The fourth-order valence-electron chi connectivity index (χ4n) is 2.55. The molecule has 2 aromatic rings. The number of hydrogen-bond donors (Lipinski definition) is 1. The third kappa shape index (κ3) is 4.60. The predicted octanol–water partition coefficient (Wildman–Crippen LogP) is 2.97. The Hall–Kier alpha value is -3.08. The second kappa shape index (κ2) is 7.89. The molecule has 1 N–H and O–H groups in total. The van der Waals surface area contributed by atoms with E-state index in [0.717, 1.165) is 34.8 Å². The van der Waals surface area contributed by atoms with Gasteiger partial charge in [0.15, 0.2) is 11.6 Å². The maximum absolute atomic E-state index is 13.3. The van der Waals surface area contributed by atoms with Gasteiger partial charge in [-0.15, -0.1) is 0 Å². The average Bonchev–Trinajstić information content (AvgIpc) is 2.58. The third-order valence-electron chi connectivity index (χ3n) is 3.92. The standard InChI is InChI=1S/C17H17F2N3O5S/c1-10-4-6-13(22(24)25)9-16(10)21(28(3,26)27)11(2)17(23)20-12-5-7-14(18)15(19)8-12/h4-9,11H,1-3H3,(H,20,23)/t11-/m1/s1. The number of anilines is 2. The first-order chi connectivity index (χ1) is 12.9. The summed E-state index contributed by atoms with van der Waals surface area (Å²) in [4.78, 5) is 22.9. The van der Waals surface area contributed by atoms with Crippen LogP contribution in [0, 0.1) is 28.7 Å². The lowest BCUT2D eigenvalue weighted by molar-refractivity contribution is -0.384. The van der Waals surface area contributed by atoms with E-state index in [2.05, 4.69) is 5.32 Å². The molecular formula is C17H17F2N3O5S. The van der Waals surface area contributed by atoms with Crippen LogP contribution in [0.25, 0.3) is 0 Å². The van der Waals surface area contributed by atoms with Gasteiger partial charge in [0.1, 0.15) is 6.04 Å². The molecule has 0 heterocycles. The normalized spacial score (nSPS) is 12.3. The van der Waals surface area contributed by atoms with Gasteiger partial charge in [-0.2, -0.15) is 0 Å². The van der Waals surface area contributed by atoms with Crippen molar-refractivity contribution in [2.24, 2.45) is 0 Å². The zero-order valence-electron chi connectivity index (χ0n) is 15.1. The highest BCUT2D eigenvalue weighted by molar-refractivity contribution is 7.92. The number of amides is 1. The van der Waals surface area contributed by atoms with Gasteiger partial charge in [-0.05, 0) is 31.5 Å². The summed E-state index contributed by atoms with van der Waals surface area (Å²) in [7, 11) is -4.02. The highest BCUT2D eigenvalue weighted by Crippen LogP contribution is 2.29. The van der Waals surface area contributed by atoms with E-state index in [-0.39, 0.29) is 17.1 Å². The van der Waals surface area contributed by atoms with Gasteiger partial charge in [0.2, 0.25) is 15.9 Å². The number of rotatable bonds is 6. The molecule has 0 radical (unpaired) electrons. The number of benzene rings is 2. The lowest BCUT2D eigenvalue weighted by Crippen LogP contribution is -2.45. The van der Waals surface area contributed by atoms with Crippen molar-refractivity contribution >= 4 is 33.0 Å². The van der Waals surface area contributed by atoms with E-state index >= 15 is 0 Å². The van der Waals surface area contributed by atoms with E-state index in [9.17, 15) is 32.1 Å². The molecular weight excluding hydrogens is 396 g/mol. The molecule has 0 fully saturated rings. The number of halogens is 2. The molecule has 0 aliphatic rings. The van der Waals surface area contributed by atoms with Gasteiger partial charge in [-0.3, -0.25) is 19.2 Å². The van der Waals surface area contributed by atoms with Gasteiger partial charge >= 0.3 is 0 Å². The third-order valence-corrected chi connectivity index (χ3v) is 5.14.